The Morgan fingerprint density at radius 2 is 2.00 bits per heavy atom. The molecule has 0 aliphatic carbocycles. The number of piperidine rings is 1. The normalized spacial score (nSPS) is 20.4. The van der Waals surface area contributed by atoms with Crippen molar-refractivity contribution in [1.29, 1.82) is 0 Å². The van der Waals surface area contributed by atoms with Crippen LogP contribution in [0.2, 0.25) is 0 Å². The number of hydrogen-bond donors (Lipinski definition) is 1. The fourth-order valence-electron chi connectivity index (χ4n) is 2.87. The van der Waals surface area contributed by atoms with Crippen LogP contribution in [0.15, 0.2) is 30.3 Å². The van der Waals surface area contributed by atoms with Gasteiger partial charge in [-0.05, 0) is 32.0 Å². The third-order valence-electron chi connectivity index (χ3n) is 4.02. The van der Waals surface area contributed by atoms with E-state index in [0.717, 1.165) is 25.1 Å². The maximum atomic E-state index is 12.6. The molecule has 0 spiro atoms. The quantitative estimate of drug-likeness (QED) is 0.923. The Balaban J connectivity index is 0.00000220. The van der Waals surface area contributed by atoms with Gasteiger partial charge in [0, 0.05) is 26.7 Å². The summed E-state index contributed by atoms with van der Waals surface area (Å²) in [6.45, 7) is 1.91. The van der Waals surface area contributed by atoms with Crippen molar-refractivity contribution >= 4 is 18.3 Å². The molecule has 1 aliphatic rings. The second kappa shape index (κ2) is 8.37. The molecule has 1 aliphatic heterocycles. The number of likely N-dealkylation sites (N-methyl/N-ethyl adjacent to an activating group) is 2. The summed E-state index contributed by atoms with van der Waals surface area (Å²) in [6, 6.07) is 10.4. The molecule has 4 nitrogen and oxygen atoms in total. The third kappa shape index (κ3) is 4.43. The lowest BCUT2D eigenvalue weighted by molar-refractivity contribution is -0.135. The van der Waals surface area contributed by atoms with Gasteiger partial charge in [0.05, 0.1) is 0 Å². The van der Waals surface area contributed by atoms with E-state index < -0.39 is 0 Å². The smallest absolute Gasteiger partial charge is 0.244 e. The molecule has 1 aromatic rings. The minimum Gasteiger partial charge on any atom is -0.347 e. The lowest BCUT2D eigenvalue weighted by atomic mass is 9.98. The summed E-state index contributed by atoms with van der Waals surface area (Å²) >= 11 is 0. The van der Waals surface area contributed by atoms with Gasteiger partial charge in [-0.2, -0.15) is 0 Å². The van der Waals surface area contributed by atoms with Crippen molar-refractivity contribution in [3.05, 3.63) is 35.9 Å². The van der Waals surface area contributed by atoms with Crippen molar-refractivity contribution < 1.29 is 4.79 Å². The Kier molecular flexibility index (Phi) is 7.15. The maximum absolute atomic E-state index is 12.6. The van der Waals surface area contributed by atoms with Crippen LogP contribution >= 0.6 is 12.4 Å². The molecule has 2 atom stereocenters. The van der Waals surface area contributed by atoms with Crippen LogP contribution < -0.4 is 5.32 Å². The van der Waals surface area contributed by atoms with Crippen molar-refractivity contribution in [3.63, 3.8) is 0 Å². The zero-order valence-corrected chi connectivity index (χ0v) is 13.9. The first-order valence-corrected chi connectivity index (χ1v) is 7.31. The number of hydrogen-bond acceptors (Lipinski definition) is 3. The van der Waals surface area contributed by atoms with E-state index in [9.17, 15) is 4.79 Å². The van der Waals surface area contributed by atoms with Crippen molar-refractivity contribution in [2.45, 2.75) is 24.9 Å². The number of halogens is 1. The first-order valence-electron chi connectivity index (χ1n) is 7.31. The first kappa shape index (κ1) is 18.0. The topological polar surface area (TPSA) is 35.6 Å². The van der Waals surface area contributed by atoms with E-state index in [4.69, 9.17) is 0 Å². The molecule has 5 heteroatoms. The molecule has 0 saturated carbocycles. The Morgan fingerprint density at radius 3 is 2.57 bits per heavy atom. The molecule has 2 rings (SSSR count). The number of carbonyl (C=O) groups excluding carboxylic acids is 1. The van der Waals surface area contributed by atoms with E-state index in [1.165, 1.54) is 6.42 Å². The van der Waals surface area contributed by atoms with Crippen molar-refractivity contribution in [1.82, 2.24) is 15.1 Å². The van der Waals surface area contributed by atoms with Crippen LogP contribution in [0.25, 0.3) is 0 Å². The third-order valence-corrected chi connectivity index (χ3v) is 4.02. The Hall–Kier alpha value is -1.10. The fourth-order valence-corrected chi connectivity index (χ4v) is 2.87. The summed E-state index contributed by atoms with van der Waals surface area (Å²) in [7, 11) is 5.66. The van der Waals surface area contributed by atoms with Gasteiger partial charge in [0.2, 0.25) is 5.91 Å². The highest BCUT2D eigenvalue weighted by atomic mass is 35.5. The van der Waals surface area contributed by atoms with Crippen LogP contribution in [0.5, 0.6) is 0 Å². The molecule has 0 radical (unpaired) electrons. The monoisotopic (exact) mass is 311 g/mol. The molecular formula is C16H26ClN3O. The summed E-state index contributed by atoms with van der Waals surface area (Å²) < 4.78 is 0. The van der Waals surface area contributed by atoms with Crippen LogP contribution in [0, 0.1) is 0 Å². The van der Waals surface area contributed by atoms with Crippen LogP contribution in [0.1, 0.15) is 24.4 Å². The van der Waals surface area contributed by atoms with Gasteiger partial charge in [0.25, 0.3) is 0 Å². The molecule has 1 aromatic carbocycles. The Morgan fingerprint density at radius 1 is 1.33 bits per heavy atom. The van der Waals surface area contributed by atoms with Crippen LogP contribution in [-0.4, -0.2) is 56.0 Å². The molecule has 0 bridgehead atoms. The average molecular weight is 312 g/mol. The van der Waals surface area contributed by atoms with Gasteiger partial charge in [-0.1, -0.05) is 30.3 Å². The molecule has 1 amide bonds. The molecule has 1 N–H and O–H groups in total. The Bertz CT molecular complexity index is 438. The number of likely N-dealkylation sites (tertiary alicyclic amines) is 1. The van der Waals surface area contributed by atoms with E-state index in [2.05, 4.69) is 22.3 Å². The highest BCUT2D eigenvalue weighted by molar-refractivity contribution is 5.85. The van der Waals surface area contributed by atoms with Gasteiger partial charge in [-0.15, -0.1) is 12.4 Å². The minimum atomic E-state index is -0.164. The van der Waals surface area contributed by atoms with Crippen molar-refractivity contribution in [2.24, 2.45) is 0 Å². The lowest BCUT2D eigenvalue weighted by Gasteiger charge is -2.38. The number of nitrogens with one attached hydrogen (secondary N) is 1. The van der Waals surface area contributed by atoms with Crippen LogP contribution in [-0.2, 0) is 4.79 Å². The van der Waals surface area contributed by atoms with Gasteiger partial charge in [-0.25, -0.2) is 0 Å². The number of amides is 1. The molecule has 1 fully saturated rings. The molecular weight excluding hydrogens is 286 g/mol. The van der Waals surface area contributed by atoms with E-state index in [1.807, 2.05) is 39.3 Å². The van der Waals surface area contributed by atoms with E-state index >= 15 is 0 Å². The minimum absolute atomic E-state index is 0. The van der Waals surface area contributed by atoms with Crippen LogP contribution in [0.3, 0.4) is 0 Å². The maximum Gasteiger partial charge on any atom is 0.244 e. The molecule has 118 valence electrons. The van der Waals surface area contributed by atoms with Gasteiger partial charge in [-0.3, -0.25) is 9.69 Å². The summed E-state index contributed by atoms with van der Waals surface area (Å²) in [5.74, 6) is 0.160. The fraction of sp³-hybridized carbons (Fsp3) is 0.562. The van der Waals surface area contributed by atoms with Gasteiger partial charge >= 0.3 is 0 Å². The number of rotatable bonds is 4. The predicted molar refractivity (Wildman–Crippen MR) is 88.8 cm³/mol. The zero-order valence-electron chi connectivity index (χ0n) is 13.1. The number of benzene rings is 1. The predicted octanol–water partition coefficient (Wildman–Crippen LogP) is 1.92. The highest BCUT2D eigenvalue weighted by Crippen LogP contribution is 2.26. The Labute approximate surface area is 133 Å². The van der Waals surface area contributed by atoms with E-state index in [1.54, 1.807) is 4.90 Å². The van der Waals surface area contributed by atoms with Gasteiger partial charge < -0.3 is 10.2 Å². The van der Waals surface area contributed by atoms with Crippen molar-refractivity contribution in [2.75, 3.05) is 34.2 Å². The number of nitrogens with zero attached hydrogens (tertiary/aromatic N) is 2. The van der Waals surface area contributed by atoms with Gasteiger partial charge in [0.15, 0.2) is 0 Å². The summed E-state index contributed by atoms with van der Waals surface area (Å²) in [5.41, 5.74) is 1.09. The second-order valence-electron chi connectivity index (χ2n) is 5.67. The molecule has 2 unspecified atom stereocenters. The highest BCUT2D eigenvalue weighted by Gasteiger charge is 2.32. The van der Waals surface area contributed by atoms with Crippen molar-refractivity contribution in [3.8, 4) is 0 Å². The molecule has 1 heterocycles. The largest absolute Gasteiger partial charge is 0.347 e. The zero-order chi connectivity index (χ0) is 14.5. The van der Waals surface area contributed by atoms with E-state index in [0.29, 0.717) is 6.04 Å². The SMILES string of the molecule is CNC1CCCN(C(C(=O)N(C)C)c2ccccc2)C1.Cl. The second-order valence-corrected chi connectivity index (χ2v) is 5.67. The number of carbonyl (C=O) groups is 1. The summed E-state index contributed by atoms with van der Waals surface area (Å²) in [6.07, 6.45) is 2.32. The summed E-state index contributed by atoms with van der Waals surface area (Å²) in [5, 5.41) is 3.34. The summed E-state index contributed by atoms with van der Waals surface area (Å²) in [4.78, 5) is 16.6. The molecule has 21 heavy (non-hydrogen) atoms. The lowest BCUT2D eigenvalue weighted by Crippen LogP contribution is -2.49. The molecule has 1 saturated heterocycles. The average Bonchev–Trinajstić information content (AvgIpc) is 2.48. The van der Waals surface area contributed by atoms with E-state index in [-0.39, 0.29) is 24.4 Å². The standard InChI is InChI=1S/C16H25N3O.ClH/c1-17-14-10-7-11-19(12-14)15(16(20)18(2)3)13-8-5-4-6-9-13;/h4-6,8-9,14-15,17H,7,10-12H2,1-3H3;1H. The first-order chi connectivity index (χ1) is 9.63. The van der Waals surface area contributed by atoms with Gasteiger partial charge in [0.1, 0.15) is 6.04 Å². The molecule has 0 aromatic heterocycles. The van der Waals surface area contributed by atoms with Crippen LogP contribution in [0.4, 0.5) is 0 Å².